The van der Waals surface area contributed by atoms with E-state index in [1.165, 1.54) is 0 Å². The van der Waals surface area contributed by atoms with E-state index in [2.05, 4.69) is 0 Å². The van der Waals surface area contributed by atoms with Crippen molar-refractivity contribution in [2.24, 2.45) is 11.7 Å². The van der Waals surface area contributed by atoms with E-state index in [1.807, 2.05) is 6.92 Å². The first-order chi connectivity index (χ1) is 5.23. The molecule has 0 saturated heterocycles. The van der Waals surface area contributed by atoms with Crippen LogP contribution in [0.2, 0.25) is 0 Å². The third-order valence-electron chi connectivity index (χ3n) is 2.26. The Morgan fingerprint density at radius 3 is 2.64 bits per heavy atom. The van der Waals surface area contributed by atoms with E-state index in [1.54, 1.807) is 0 Å². The predicted octanol–water partition coefficient (Wildman–Crippen LogP) is 0.123. The fourth-order valence-corrected chi connectivity index (χ4v) is 1.24. The van der Waals surface area contributed by atoms with Crippen molar-refractivity contribution < 1.29 is 9.84 Å². The quantitative estimate of drug-likeness (QED) is 0.599. The van der Waals surface area contributed by atoms with Gasteiger partial charge in [0.25, 0.3) is 0 Å². The van der Waals surface area contributed by atoms with Gasteiger partial charge in [0, 0.05) is 6.61 Å². The zero-order valence-electron chi connectivity index (χ0n) is 7.05. The molecule has 0 heterocycles. The maximum Gasteiger partial charge on any atom is 0.0671 e. The van der Waals surface area contributed by atoms with Gasteiger partial charge >= 0.3 is 0 Å². The van der Waals surface area contributed by atoms with Crippen molar-refractivity contribution in [3.05, 3.63) is 0 Å². The molecule has 0 aromatic heterocycles. The van der Waals surface area contributed by atoms with Gasteiger partial charge in [0.1, 0.15) is 0 Å². The van der Waals surface area contributed by atoms with Gasteiger partial charge in [0.05, 0.1) is 18.8 Å². The molecule has 3 nitrogen and oxygen atoms in total. The summed E-state index contributed by atoms with van der Waals surface area (Å²) in [6.45, 7) is 3.14. The van der Waals surface area contributed by atoms with Crippen LogP contribution in [-0.4, -0.2) is 30.5 Å². The second-order valence-corrected chi connectivity index (χ2v) is 3.30. The molecule has 1 unspecified atom stereocenters. The third-order valence-corrected chi connectivity index (χ3v) is 2.26. The van der Waals surface area contributed by atoms with Crippen LogP contribution in [0.15, 0.2) is 0 Å². The molecular weight excluding hydrogens is 142 g/mol. The summed E-state index contributed by atoms with van der Waals surface area (Å²) in [6.07, 6.45) is 2.29. The van der Waals surface area contributed by atoms with Crippen LogP contribution in [0.25, 0.3) is 0 Å². The highest BCUT2D eigenvalue weighted by Gasteiger charge is 2.41. The van der Waals surface area contributed by atoms with Crippen LogP contribution in [0.5, 0.6) is 0 Å². The molecule has 0 aromatic carbocycles. The molecule has 3 N–H and O–H groups in total. The Hall–Kier alpha value is -0.120. The van der Waals surface area contributed by atoms with Gasteiger partial charge in [0.2, 0.25) is 0 Å². The Morgan fingerprint density at radius 2 is 2.27 bits per heavy atom. The number of rotatable bonds is 5. The fourth-order valence-electron chi connectivity index (χ4n) is 1.24. The Balaban J connectivity index is 2.31. The summed E-state index contributed by atoms with van der Waals surface area (Å²) < 4.78 is 5.21. The topological polar surface area (TPSA) is 55.5 Å². The molecule has 11 heavy (non-hydrogen) atoms. The van der Waals surface area contributed by atoms with Crippen LogP contribution < -0.4 is 5.73 Å². The molecule has 0 amide bonds. The minimum absolute atomic E-state index is 0.0394. The van der Waals surface area contributed by atoms with Gasteiger partial charge in [-0.05, 0) is 25.7 Å². The SMILES string of the molecule is CCOCC(N)(CO)C1CC1. The highest BCUT2D eigenvalue weighted by Crippen LogP contribution is 2.38. The van der Waals surface area contributed by atoms with Gasteiger partial charge in [-0.3, -0.25) is 0 Å². The van der Waals surface area contributed by atoms with E-state index >= 15 is 0 Å². The highest BCUT2D eigenvalue weighted by atomic mass is 16.5. The molecule has 1 fully saturated rings. The highest BCUT2D eigenvalue weighted by molar-refractivity contribution is 4.98. The van der Waals surface area contributed by atoms with E-state index in [9.17, 15) is 0 Å². The van der Waals surface area contributed by atoms with Crippen molar-refractivity contribution in [2.45, 2.75) is 25.3 Å². The Bertz CT molecular complexity index is 125. The molecule has 1 saturated carbocycles. The molecule has 66 valence electrons. The molecule has 1 aliphatic carbocycles. The van der Waals surface area contributed by atoms with Gasteiger partial charge in [0.15, 0.2) is 0 Å². The number of hydrogen-bond acceptors (Lipinski definition) is 3. The average molecular weight is 159 g/mol. The minimum Gasteiger partial charge on any atom is -0.394 e. The zero-order chi connectivity index (χ0) is 8.32. The smallest absolute Gasteiger partial charge is 0.0671 e. The van der Waals surface area contributed by atoms with Crippen LogP contribution in [-0.2, 0) is 4.74 Å². The summed E-state index contributed by atoms with van der Waals surface area (Å²) in [5.74, 6) is 0.485. The van der Waals surface area contributed by atoms with Crippen LogP contribution in [0, 0.1) is 5.92 Å². The molecule has 3 heteroatoms. The summed E-state index contributed by atoms with van der Waals surface area (Å²) in [6, 6.07) is 0. The first-order valence-corrected chi connectivity index (χ1v) is 4.20. The predicted molar refractivity (Wildman–Crippen MR) is 43.2 cm³/mol. The first-order valence-electron chi connectivity index (χ1n) is 4.20. The molecule has 1 rings (SSSR count). The van der Waals surface area contributed by atoms with E-state index in [-0.39, 0.29) is 6.61 Å². The van der Waals surface area contributed by atoms with Crippen LogP contribution in [0.1, 0.15) is 19.8 Å². The molecule has 1 aliphatic rings. The maximum atomic E-state index is 9.02. The molecule has 0 spiro atoms. The molecule has 0 aromatic rings. The molecule has 0 bridgehead atoms. The average Bonchev–Trinajstić information content (AvgIpc) is 2.82. The van der Waals surface area contributed by atoms with E-state index in [0.29, 0.717) is 19.1 Å². The van der Waals surface area contributed by atoms with Gasteiger partial charge in [-0.1, -0.05) is 0 Å². The summed E-state index contributed by atoms with van der Waals surface area (Å²) in [5, 5.41) is 9.02. The Labute approximate surface area is 67.5 Å². The van der Waals surface area contributed by atoms with Crippen LogP contribution in [0.3, 0.4) is 0 Å². The van der Waals surface area contributed by atoms with Gasteiger partial charge in [-0.25, -0.2) is 0 Å². The standard InChI is InChI=1S/C8H17NO2/c1-2-11-6-8(9,5-10)7-3-4-7/h7,10H,2-6,9H2,1H3. The van der Waals surface area contributed by atoms with Crippen LogP contribution in [0.4, 0.5) is 0 Å². The maximum absolute atomic E-state index is 9.02. The molecule has 0 radical (unpaired) electrons. The largest absolute Gasteiger partial charge is 0.394 e. The van der Waals surface area contributed by atoms with E-state index in [0.717, 1.165) is 12.8 Å². The van der Waals surface area contributed by atoms with E-state index in [4.69, 9.17) is 15.6 Å². The van der Waals surface area contributed by atoms with Crippen LogP contribution >= 0.6 is 0 Å². The van der Waals surface area contributed by atoms with Crippen molar-refractivity contribution in [2.75, 3.05) is 19.8 Å². The fraction of sp³-hybridized carbons (Fsp3) is 1.00. The number of aliphatic hydroxyl groups excluding tert-OH is 1. The number of hydrogen-bond donors (Lipinski definition) is 2. The minimum atomic E-state index is -0.462. The number of aliphatic hydroxyl groups is 1. The Kier molecular flexibility index (Phi) is 2.87. The van der Waals surface area contributed by atoms with Crippen molar-refractivity contribution in [1.82, 2.24) is 0 Å². The van der Waals surface area contributed by atoms with Gasteiger partial charge < -0.3 is 15.6 Å². The van der Waals surface area contributed by atoms with Gasteiger partial charge in [-0.2, -0.15) is 0 Å². The lowest BCUT2D eigenvalue weighted by atomic mass is 9.97. The summed E-state index contributed by atoms with van der Waals surface area (Å²) >= 11 is 0. The molecule has 1 atom stereocenters. The number of ether oxygens (including phenoxy) is 1. The lowest BCUT2D eigenvalue weighted by molar-refractivity contribution is 0.0508. The zero-order valence-corrected chi connectivity index (χ0v) is 7.05. The lowest BCUT2D eigenvalue weighted by Gasteiger charge is -2.26. The normalized spacial score (nSPS) is 23.2. The van der Waals surface area contributed by atoms with Gasteiger partial charge in [-0.15, -0.1) is 0 Å². The summed E-state index contributed by atoms with van der Waals surface area (Å²) in [7, 11) is 0. The monoisotopic (exact) mass is 159 g/mol. The first kappa shape index (κ1) is 8.97. The second kappa shape index (κ2) is 3.52. The van der Waals surface area contributed by atoms with Crippen molar-refractivity contribution in [1.29, 1.82) is 0 Å². The summed E-state index contributed by atoms with van der Waals surface area (Å²) in [5.41, 5.74) is 5.45. The van der Waals surface area contributed by atoms with E-state index < -0.39 is 5.54 Å². The lowest BCUT2D eigenvalue weighted by Crippen LogP contribution is -2.50. The van der Waals surface area contributed by atoms with Crippen molar-refractivity contribution >= 4 is 0 Å². The Morgan fingerprint density at radius 1 is 1.64 bits per heavy atom. The summed E-state index contributed by atoms with van der Waals surface area (Å²) in [4.78, 5) is 0. The molecular formula is C8H17NO2. The molecule has 0 aliphatic heterocycles. The number of nitrogens with two attached hydrogens (primary N) is 1. The third kappa shape index (κ3) is 2.15. The second-order valence-electron chi connectivity index (χ2n) is 3.30. The van der Waals surface area contributed by atoms with Crippen molar-refractivity contribution in [3.8, 4) is 0 Å². The van der Waals surface area contributed by atoms with Crippen molar-refractivity contribution in [3.63, 3.8) is 0 Å².